The summed E-state index contributed by atoms with van der Waals surface area (Å²) in [6, 6.07) is 6.90. The Morgan fingerprint density at radius 1 is 1.30 bits per heavy atom. The van der Waals surface area contributed by atoms with Gasteiger partial charge in [-0.15, -0.1) is 0 Å². The van der Waals surface area contributed by atoms with Crippen LogP contribution in [0.3, 0.4) is 0 Å². The molecular weight excluding hydrogens is 342 g/mol. The molecule has 104 valence electrons. The molecule has 6 heteroatoms. The summed E-state index contributed by atoms with van der Waals surface area (Å²) in [6.07, 6.45) is 0. The van der Waals surface area contributed by atoms with Gasteiger partial charge in [0, 0.05) is 10.0 Å². The van der Waals surface area contributed by atoms with Gasteiger partial charge in [0.15, 0.2) is 0 Å². The lowest BCUT2D eigenvalue weighted by atomic mass is 10.1. The van der Waals surface area contributed by atoms with Gasteiger partial charge in [-0.2, -0.15) is 0 Å². The van der Waals surface area contributed by atoms with Crippen LogP contribution in [0, 0.1) is 13.8 Å². The number of nitrogens with two attached hydrogens (primary N) is 1. The predicted octanol–water partition coefficient (Wildman–Crippen LogP) is 3.95. The zero-order chi connectivity index (χ0) is 14.9. The number of anilines is 2. The van der Waals surface area contributed by atoms with Crippen molar-refractivity contribution in [1.29, 1.82) is 0 Å². The highest BCUT2D eigenvalue weighted by atomic mass is 79.9. The Labute approximate surface area is 130 Å². The van der Waals surface area contributed by atoms with Gasteiger partial charge in [-0.05, 0) is 59.1 Å². The summed E-state index contributed by atoms with van der Waals surface area (Å²) < 4.78 is 0.830. The number of hydrogen-bond donors (Lipinski definition) is 2. The van der Waals surface area contributed by atoms with Crippen molar-refractivity contribution < 1.29 is 4.79 Å². The van der Waals surface area contributed by atoms with Crippen molar-refractivity contribution >= 4 is 44.9 Å². The fraction of sp³-hybridized carbons (Fsp3) is 0.143. The first-order valence-corrected chi connectivity index (χ1v) is 7.05. The Hall–Kier alpha value is -1.59. The van der Waals surface area contributed by atoms with Gasteiger partial charge in [0.2, 0.25) is 0 Å². The molecule has 2 aromatic rings. The lowest BCUT2D eigenvalue weighted by molar-refractivity contribution is 0.102. The first-order chi connectivity index (χ1) is 9.36. The number of carbonyl (C=O) groups excluding carboxylic acids is 1. The van der Waals surface area contributed by atoms with E-state index in [0.29, 0.717) is 5.56 Å². The molecule has 4 nitrogen and oxygen atoms in total. The van der Waals surface area contributed by atoms with Crippen molar-refractivity contribution in [3.8, 4) is 0 Å². The number of amides is 1. The molecule has 1 aromatic carbocycles. The van der Waals surface area contributed by atoms with Gasteiger partial charge in [0.1, 0.15) is 11.0 Å². The van der Waals surface area contributed by atoms with Crippen LogP contribution in [0.2, 0.25) is 5.15 Å². The number of benzene rings is 1. The highest BCUT2D eigenvalue weighted by molar-refractivity contribution is 9.10. The van der Waals surface area contributed by atoms with Crippen LogP contribution in [0.25, 0.3) is 0 Å². The quantitative estimate of drug-likeness (QED) is 0.802. The molecule has 0 saturated heterocycles. The summed E-state index contributed by atoms with van der Waals surface area (Å²) in [5.74, 6) is -0.0732. The number of hydrogen-bond acceptors (Lipinski definition) is 3. The number of aromatic nitrogens is 1. The minimum Gasteiger partial charge on any atom is -0.384 e. The van der Waals surface area contributed by atoms with Crippen LogP contribution in [0.4, 0.5) is 11.5 Å². The van der Waals surface area contributed by atoms with Crippen LogP contribution in [-0.4, -0.2) is 10.9 Å². The summed E-state index contributed by atoms with van der Waals surface area (Å²) in [4.78, 5) is 16.1. The van der Waals surface area contributed by atoms with E-state index in [4.69, 9.17) is 17.3 Å². The molecule has 0 spiro atoms. The smallest absolute Gasteiger partial charge is 0.255 e. The lowest BCUT2D eigenvalue weighted by Crippen LogP contribution is -2.14. The first-order valence-electron chi connectivity index (χ1n) is 5.88. The molecule has 0 aliphatic heterocycles. The molecule has 0 bridgehead atoms. The maximum atomic E-state index is 12.2. The van der Waals surface area contributed by atoms with Gasteiger partial charge in [0.05, 0.1) is 5.69 Å². The second-order valence-corrected chi connectivity index (χ2v) is 5.74. The largest absolute Gasteiger partial charge is 0.384 e. The molecule has 2 rings (SSSR count). The average Bonchev–Trinajstić information content (AvgIpc) is 2.32. The summed E-state index contributed by atoms with van der Waals surface area (Å²) in [5.41, 5.74) is 8.77. The zero-order valence-electron chi connectivity index (χ0n) is 11.0. The van der Waals surface area contributed by atoms with Gasteiger partial charge in [0.25, 0.3) is 5.91 Å². The second-order valence-electron chi connectivity index (χ2n) is 4.50. The molecule has 0 unspecified atom stereocenters. The molecule has 0 saturated carbocycles. The van der Waals surface area contributed by atoms with Crippen LogP contribution in [-0.2, 0) is 0 Å². The number of aryl methyl sites for hydroxylation is 2. The first kappa shape index (κ1) is 14.8. The third-order valence-corrected chi connectivity index (χ3v) is 3.57. The van der Waals surface area contributed by atoms with Crippen molar-refractivity contribution in [3.05, 3.63) is 50.6 Å². The van der Waals surface area contributed by atoms with Crippen molar-refractivity contribution in [2.45, 2.75) is 13.8 Å². The minimum atomic E-state index is -0.284. The summed E-state index contributed by atoms with van der Waals surface area (Å²) in [5, 5.41) is 3.04. The lowest BCUT2D eigenvalue weighted by Gasteiger charge is -2.12. The maximum Gasteiger partial charge on any atom is 0.255 e. The van der Waals surface area contributed by atoms with E-state index in [-0.39, 0.29) is 16.9 Å². The molecule has 0 radical (unpaired) electrons. The Bertz CT molecular complexity index is 645. The minimum absolute atomic E-state index is 0.190. The zero-order valence-corrected chi connectivity index (χ0v) is 13.3. The maximum absolute atomic E-state index is 12.2. The van der Waals surface area contributed by atoms with E-state index in [2.05, 4.69) is 26.2 Å². The standard InChI is InChI=1S/C14H13BrClN3O/c1-7-3-8(2)13(10(15)4-7)19-14(20)9-5-11(16)18-12(17)6-9/h3-6H,1-2H3,(H2,17,18)(H,19,20). The number of carbonyl (C=O) groups is 1. The van der Waals surface area contributed by atoms with Gasteiger partial charge < -0.3 is 11.1 Å². The molecule has 20 heavy (non-hydrogen) atoms. The number of nitrogens with one attached hydrogen (secondary N) is 1. The molecule has 1 amide bonds. The Kier molecular flexibility index (Phi) is 4.30. The van der Waals surface area contributed by atoms with Gasteiger partial charge in [-0.3, -0.25) is 4.79 Å². The normalized spacial score (nSPS) is 10.4. The van der Waals surface area contributed by atoms with E-state index in [9.17, 15) is 4.79 Å². The van der Waals surface area contributed by atoms with E-state index in [0.717, 1.165) is 21.3 Å². The van der Waals surface area contributed by atoms with Crippen molar-refractivity contribution in [1.82, 2.24) is 4.98 Å². The van der Waals surface area contributed by atoms with E-state index in [1.807, 2.05) is 26.0 Å². The average molecular weight is 355 g/mol. The number of nitrogen functional groups attached to an aromatic ring is 1. The number of nitrogens with zero attached hydrogens (tertiary/aromatic N) is 1. The van der Waals surface area contributed by atoms with E-state index in [1.165, 1.54) is 12.1 Å². The summed E-state index contributed by atoms with van der Waals surface area (Å²) in [7, 11) is 0. The summed E-state index contributed by atoms with van der Waals surface area (Å²) in [6.45, 7) is 3.92. The van der Waals surface area contributed by atoms with Crippen LogP contribution >= 0.6 is 27.5 Å². The molecule has 3 N–H and O–H groups in total. The highest BCUT2D eigenvalue weighted by Gasteiger charge is 2.12. The molecule has 0 aliphatic carbocycles. The third-order valence-electron chi connectivity index (χ3n) is 2.75. The Balaban J connectivity index is 2.32. The van der Waals surface area contributed by atoms with E-state index in [1.54, 1.807) is 0 Å². The van der Waals surface area contributed by atoms with Crippen LogP contribution in [0.1, 0.15) is 21.5 Å². The van der Waals surface area contributed by atoms with Crippen molar-refractivity contribution in [3.63, 3.8) is 0 Å². The number of halogens is 2. The van der Waals surface area contributed by atoms with Gasteiger partial charge in [-0.1, -0.05) is 17.7 Å². The topological polar surface area (TPSA) is 68.0 Å². The second kappa shape index (κ2) is 5.81. The Morgan fingerprint density at radius 2 is 2.00 bits per heavy atom. The fourth-order valence-corrected chi connectivity index (χ4v) is 2.90. The molecule has 1 aromatic heterocycles. The fourth-order valence-electron chi connectivity index (χ4n) is 1.91. The number of pyridine rings is 1. The van der Waals surface area contributed by atoms with E-state index < -0.39 is 0 Å². The Morgan fingerprint density at radius 3 is 2.60 bits per heavy atom. The summed E-state index contributed by atoms with van der Waals surface area (Å²) >= 11 is 9.25. The molecule has 0 fully saturated rings. The van der Waals surface area contributed by atoms with Crippen LogP contribution in [0.5, 0.6) is 0 Å². The van der Waals surface area contributed by atoms with E-state index >= 15 is 0 Å². The predicted molar refractivity (Wildman–Crippen MR) is 85.2 cm³/mol. The van der Waals surface area contributed by atoms with Crippen molar-refractivity contribution in [2.24, 2.45) is 0 Å². The SMILES string of the molecule is Cc1cc(C)c(NC(=O)c2cc(N)nc(Cl)c2)c(Br)c1. The number of rotatable bonds is 2. The molecular formula is C14H13BrClN3O. The highest BCUT2D eigenvalue weighted by Crippen LogP contribution is 2.28. The van der Waals surface area contributed by atoms with Crippen LogP contribution < -0.4 is 11.1 Å². The monoisotopic (exact) mass is 353 g/mol. The molecule has 1 heterocycles. The van der Waals surface area contributed by atoms with Gasteiger partial charge >= 0.3 is 0 Å². The molecule has 0 aliphatic rings. The van der Waals surface area contributed by atoms with Crippen LogP contribution in [0.15, 0.2) is 28.7 Å². The van der Waals surface area contributed by atoms with Crippen molar-refractivity contribution in [2.75, 3.05) is 11.1 Å². The molecule has 0 atom stereocenters. The van der Waals surface area contributed by atoms with Gasteiger partial charge in [-0.25, -0.2) is 4.98 Å². The third kappa shape index (κ3) is 3.29.